The molecule has 0 aliphatic heterocycles. The summed E-state index contributed by atoms with van der Waals surface area (Å²) in [5.41, 5.74) is 0. The lowest BCUT2D eigenvalue weighted by Crippen LogP contribution is -2.35. The minimum absolute atomic E-state index is 0.140. The van der Waals surface area contributed by atoms with Crippen molar-refractivity contribution in [3.63, 3.8) is 0 Å². The highest BCUT2D eigenvalue weighted by Gasteiger charge is 2.44. The minimum Gasteiger partial charge on any atom is -0.207 e. The van der Waals surface area contributed by atoms with Gasteiger partial charge in [0.15, 0.2) is 0 Å². The van der Waals surface area contributed by atoms with Crippen molar-refractivity contribution in [2.45, 2.75) is 38.5 Å². The van der Waals surface area contributed by atoms with Crippen LogP contribution in [0.4, 0.5) is 8.78 Å². The predicted molar refractivity (Wildman–Crippen MR) is 32.6 cm³/mol. The van der Waals surface area contributed by atoms with Gasteiger partial charge < -0.3 is 0 Å². The van der Waals surface area contributed by atoms with Crippen molar-refractivity contribution >= 4 is 0 Å². The van der Waals surface area contributed by atoms with Crippen LogP contribution in [0.2, 0.25) is 0 Å². The molecular formula is C7H12F2. The van der Waals surface area contributed by atoms with Crippen LogP contribution in [-0.2, 0) is 0 Å². The maximum atomic E-state index is 12.1. The first kappa shape index (κ1) is 6.97. The van der Waals surface area contributed by atoms with E-state index in [0.29, 0.717) is 5.92 Å². The van der Waals surface area contributed by atoms with Crippen LogP contribution in [0.25, 0.3) is 0 Å². The van der Waals surface area contributed by atoms with Gasteiger partial charge in [-0.25, -0.2) is 8.78 Å². The SMILES string of the molecule is CCCC1CC(F)(F)C1. The highest BCUT2D eigenvalue weighted by Crippen LogP contribution is 2.44. The molecule has 0 amide bonds. The van der Waals surface area contributed by atoms with Crippen LogP contribution in [0, 0.1) is 5.92 Å². The van der Waals surface area contributed by atoms with E-state index < -0.39 is 5.92 Å². The van der Waals surface area contributed by atoms with Gasteiger partial charge in [-0.2, -0.15) is 0 Å². The fourth-order valence-corrected chi connectivity index (χ4v) is 1.40. The molecule has 1 aliphatic carbocycles. The summed E-state index contributed by atoms with van der Waals surface area (Å²) in [5.74, 6) is -1.98. The molecule has 0 aromatic rings. The number of halogens is 2. The lowest BCUT2D eigenvalue weighted by atomic mass is 9.79. The number of hydrogen-bond donors (Lipinski definition) is 0. The van der Waals surface area contributed by atoms with Gasteiger partial charge in [0.1, 0.15) is 0 Å². The first-order valence-corrected chi connectivity index (χ1v) is 3.52. The third kappa shape index (κ3) is 1.63. The van der Waals surface area contributed by atoms with E-state index in [1.165, 1.54) is 0 Å². The van der Waals surface area contributed by atoms with Crippen molar-refractivity contribution in [3.8, 4) is 0 Å². The van der Waals surface area contributed by atoms with Crippen molar-refractivity contribution in [1.82, 2.24) is 0 Å². The molecule has 1 saturated carbocycles. The molecule has 0 heterocycles. The lowest BCUT2D eigenvalue weighted by molar-refractivity contribution is -0.112. The summed E-state index contributed by atoms with van der Waals surface area (Å²) in [6.45, 7) is 2.04. The second kappa shape index (κ2) is 2.24. The van der Waals surface area contributed by atoms with Crippen LogP contribution >= 0.6 is 0 Å². The molecule has 1 fully saturated rings. The zero-order valence-electron chi connectivity index (χ0n) is 5.66. The standard InChI is InChI=1S/C7H12F2/c1-2-3-6-4-7(8,9)5-6/h6H,2-5H2,1H3. The molecule has 0 unspecified atom stereocenters. The lowest BCUT2D eigenvalue weighted by Gasteiger charge is -2.34. The van der Waals surface area contributed by atoms with Gasteiger partial charge in [0.2, 0.25) is 5.92 Å². The molecule has 0 nitrogen and oxygen atoms in total. The molecule has 0 atom stereocenters. The van der Waals surface area contributed by atoms with Crippen molar-refractivity contribution in [1.29, 1.82) is 0 Å². The normalized spacial score (nSPS) is 25.7. The Labute approximate surface area is 54.3 Å². The average molecular weight is 134 g/mol. The molecule has 0 aromatic carbocycles. The molecule has 1 rings (SSSR count). The Kier molecular flexibility index (Phi) is 1.73. The molecule has 0 bridgehead atoms. The van der Waals surface area contributed by atoms with E-state index in [0.717, 1.165) is 12.8 Å². The molecule has 9 heavy (non-hydrogen) atoms. The first-order valence-electron chi connectivity index (χ1n) is 3.52. The Morgan fingerprint density at radius 1 is 1.44 bits per heavy atom. The van der Waals surface area contributed by atoms with E-state index >= 15 is 0 Å². The Morgan fingerprint density at radius 2 is 2.00 bits per heavy atom. The van der Waals surface area contributed by atoms with Gasteiger partial charge in [-0.3, -0.25) is 0 Å². The molecule has 54 valence electrons. The predicted octanol–water partition coefficient (Wildman–Crippen LogP) is 2.83. The number of alkyl halides is 2. The van der Waals surface area contributed by atoms with E-state index in [2.05, 4.69) is 0 Å². The summed E-state index contributed by atoms with van der Waals surface area (Å²) in [4.78, 5) is 0. The third-order valence-electron chi connectivity index (χ3n) is 1.87. The Morgan fingerprint density at radius 3 is 2.33 bits per heavy atom. The molecule has 0 spiro atoms. The summed E-state index contributed by atoms with van der Waals surface area (Å²) < 4.78 is 24.2. The summed E-state index contributed by atoms with van der Waals surface area (Å²) in [6.07, 6.45) is 2.30. The largest absolute Gasteiger partial charge is 0.248 e. The molecule has 1 aliphatic rings. The van der Waals surface area contributed by atoms with Crippen molar-refractivity contribution in [2.24, 2.45) is 5.92 Å². The van der Waals surface area contributed by atoms with Crippen LogP contribution in [0.5, 0.6) is 0 Å². The van der Waals surface area contributed by atoms with E-state index in [1.807, 2.05) is 6.92 Å². The van der Waals surface area contributed by atoms with Gasteiger partial charge in [0.05, 0.1) is 0 Å². The van der Waals surface area contributed by atoms with Gasteiger partial charge in [-0.1, -0.05) is 19.8 Å². The van der Waals surface area contributed by atoms with Crippen LogP contribution < -0.4 is 0 Å². The summed E-state index contributed by atoms with van der Waals surface area (Å²) >= 11 is 0. The van der Waals surface area contributed by atoms with Crippen LogP contribution in [0.3, 0.4) is 0 Å². The number of rotatable bonds is 2. The Bertz CT molecular complexity index is 91.1. The second-order valence-corrected chi connectivity index (χ2v) is 2.92. The minimum atomic E-state index is -2.31. The fourth-order valence-electron chi connectivity index (χ4n) is 1.40. The first-order chi connectivity index (χ1) is 4.14. The molecule has 0 radical (unpaired) electrons. The zero-order valence-corrected chi connectivity index (χ0v) is 5.66. The van der Waals surface area contributed by atoms with Crippen LogP contribution in [0.1, 0.15) is 32.6 Å². The van der Waals surface area contributed by atoms with E-state index in [1.54, 1.807) is 0 Å². The zero-order chi connectivity index (χ0) is 6.91. The summed E-state index contributed by atoms with van der Waals surface area (Å²) in [6, 6.07) is 0. The van der Waals surface area contributed by atoms with Crippen LogP contribution in [-0.4, -0.2) is 5.92 Å². The van der Waals surface area contributed by atoms with Gasteiger partial charge in [0, 0.05) is 12.8 Å². The monoisotopic (exact) mass is 134 g/mol. The second-order valence-electron chi connectivity index (χ2n) is 2.92. The average Bonchev–Trinajstić information content (AvgIpc) is 1.62. The van der Waals surface area contributed by atoms with Gasteiger partial charge in [-0.05, 0) is 5.92 Å². The van der Waals surface area contributed by atoms with E-state index in [-0.39, 0.29) is 12.8 Å². The van der Waals surface area contributed by atoms with Crippen molar-refractivity contribution in [3.05, 3.63) is 0 Å². The van der Waals surface area contributed by atoms with Crippen molar-refractivity contribution < 1.29 is 8.78 Å². The highest BCUT2D eigenvalue weighted by atomic mass is 19.3. The number of hydrogen-bond acceptors (Lipinski definition) is 0. The van der Waals surface area contributed by atoms with Gasteiger partial charge in [-0.15, -0.1) is 0 Å². The van der Waals surface area contributed by atoms with Gasteiger partial charge in [0.25, 0.3) is 0 Å². The molecular weight excluding hydrogens is 122 g/mol. The summed E-state index contributed by atoms with van der Waals surface area (Å²) in [5, 5.41) is 0. The van der Waals surface area contributed by atoms with E-state index in [4.69, 9.17) is 0 Å². The molecule has 2 heteroatoms. The molecule has 0 N–H and O–H groups in total. The van der Waals surface area contributed by atoms with Crippen molar-refractivity contribution in [2.75, 3.05) is 0 Å². The Hall–Kier alpha value is -0.140. The highest BCUT2D eigenvalue weighted by molar-refractivity contribution is 4.85. The fraction of sp³-hybridized carbons (Fsp3) is 1.00. The molecule has 0 aromatic heterocycles. The maximum absolute atomic E-state index is 12.1. The van der Waals surface area contributed by atoms with E-state index in [9.17, 15) is 8.78 Å². The maximum Gasteiger partial charge on any atom is 0.248 e. The quantitative estimate of drug-likeness (QED) is 0.544. The topological polar surface area (TPSA) is 0 Å². The molecule has 0 saturated heterocycles. The third-order valence-corrected chi connectivity index (χ3v) is 1.87. The smallest absolute Gasteiger partial charge is 0.207 e. The van der Waals surface area contributed by atoms with Gasteiger partial charge >= 0.3 is 0 Å². The summed E-state index contributed by atoms with van der Waals surface area (Å²) in [7, 11) is 0. The Balaban J connectivity index is 2.12. The van der Waals surface area contributed by atoms with Crippen LogP contribution in [0.15, 0.2) is 0 Å².